The van der Waals surface area contributed by atoms with Gasteiger partial charge in [-0.2, -0.15) is 0 Å². The molecule has 4 rings (SSSR count). The number of carbonyl (C=O) groups excluding carboxylic acids is 1. The van der Waals surface area contributed by atoms with E-state index in [0.29, 0.717) is 22.3 Å². The Kier molecular flexibility index (Phi) is 6.18. The van der Waals surface area contributed by atoms with Gasteiger partial charge in [0.1, 0.15) is 5.82 Å². The van der Waals surface area contributed by atoms with Gasteiger partial charge in [-0.15, -0.1) is 0 Å². The molecule has 1 aromatic heterocycles. The lowest BCUT2D eigenvalue weighted by Gasteiger charge is -2.14. The monoisotopic (exact) mass is 466 g/mol. The van der Waals surface area contributed by atoms with Crippen LogP contribution in [0.5, 0.6) is 0 Å². The standard InChI is InChI=1S/C23H19FN4O4S/c1-2-32-23(29)15-6-5-7-17(14-15)25-21-22(27-20-9-4-3-8-19(20)26-21)28-33(30,31)18-12-10-16(24)11-13-18/h3-14H,2H2,1H3,(H,25,26)(H,27,28). The smallest absolute Gasteiger partial charge is 0.338 e. The fourth-order valence-corrected chi connectivity index (χ4v) is 4.04. The highest BCUT2D eigenvalue weighted by molar-refractivity contribution is 7.92. The lowest BCUT2D eigenvalue weighted by molar-refractivity contribution is 0.0526. The second-order valence-electron chi connectivity index (χ2n) is 6.90. The Balaban J connectivity index is 1.73. The Hall–Kier alpha value is -4.05. The van der Waals surface area contributed by atoms with Crippen molar-refractivity contribution in [1.29, 1.82) is 0 Å². The highest BCUT2D eigenvalue weighted by Gasteiger charge is 2.19. The molecule has 0 atom stereocenters. The molecule has 33 heavy (non-hydrogen) atoms. The molecule has 0 saturated carbocycles. The number of halogens is 1. The average molecular weight is 466 g/mol. The number of aromatic nitrogens is 2. The van der Waals surface area contributed by atoms with Gasteiger partial charge in [-0.05, 0) is 61.5 Å². The zero-order valence-electron chi connectivity index (χ0n) is 17.4. The van der Waals surface area contributed by atoms with Gasteiger partial charge in [0.05, 0.1) is 28.1 Å². The lowest BCUT2D eigenvalue weighted by Crippen LogP contribution is -2.16. The van der Waals surface area contributed by atoms with Crippen molar-refractivity contribution in [3.8, 4) is 0 Å². The molecule has 0 aliphatic rings. The Morgan fingerprint density at radius 3 is 2.27 bits per heavy atom. The van der Waals surface area contributed by atoms with Gasteiger partial charge in [-0.1, -0.05) is 18.2 Å². The minimum Gasteiger partial charge on any atom is -0.462 e. The molecule has 0 saturated heterocycles. The van der Waals surface area contributed by atoms with Gasteiger partial charge in [0.15, 0.2) is 11.6 Å². The van der Waals surface area contributed by atoms with E-state index in [4.69, 9.17) is 4.74 Å². The van der Waals surface area contributed by atoms with Gasteiger partial charge in [-0.25, -0.2) is 27.6 Å². The van der Waals surface area contributed by atoms with E-state index in [1.165, 1.54) is 0 Å². The van der Waals surface area contributed by atoms with Crippen molar-refractivity contribution in [2.45, 2.75) is 11.8 Å². The Morgan fingerprint density at radius 1 is 0.939 bits per heavy atom. The summed E-state index contributed by atoms with van der Waals surface area (Å²) in [5, 5.41) is 3.02. The zero-order valence-corrected chi connectivity index (χ0v) is 18.3. The summed E-state index contributed by atoms with van der Waals surface area (Å²) >= 11 is 0. The molecule has 1 heterocycles. The van der Waals surface area contributed by atoms with Crippen LogP contribution in [0.3, 0.4) is 0 Å². The van der Waals surface area contributed by atoms with Crippen LogP contribution in [-0.2, 0) is 14.8 Å². The first kappa shape index (κ1) is 22.2. The van der Waals surface area contributed by atoms with Crippen LogP contribution in [0.1, 0.15) is 17.3 Å². The molecule has 0 radical (unpaired) electrons. The summed E-state index contributed by atoms with van der Waals surface area (Å²) < 4.78 is 46.4. The van der Waals surface area contributed by atoms with E-state index < -0.39 is 21.8 Å². The van der Waals surface area contributed by atoms with E-state index >= 15 is 0 Å². The Bertz CT molecular complexity index is 1430. The highest BCUT2D eigenvalue weighted by atomic mass is 32.2. The number of nitrogens with one attached hydrogen (secondary N) is 2. The number of nitrogens with zero attached hydrogens (tertiary/aromatic N) is 2. The Morgan fingerprint density at radius 2 is 1.61 bits per heavy atom. The SMILES string of the molecule is CCOC(=O)c1cccc(Nc2nc3ccccc3nc2NS(=O)(=O)c2ccc(F)cc2)c1. The number of anilines is 3. The van der Waals surface area contributed by atoms with Crippen LogP contribution < -0.4 is 10.0 Å². The highest BCUT2D eigenvalue weighted by Crippen LogP contribution is 2.27. The maximum absolute atomic E-state index is 13.2. The van der Waals surface area contributed by atoms with Crippen molar-refractivity contribution >= 4 is 44.3 Å². The van der Waals surface area contributed by atoms with Crippen molar-refractivity contribution in [2.24, 2.45) is 0 Å². The summed E-state index contributed by atoms with van der Waals surface area (Å²) in [5.41, 5.74) is 1.81. The number of sulfonamides is 1. The van der Waals surface area contributed by atoms with Gasteiger partial charge in [0.2, 0.25) is 0 Å². The predicted molar refractivity (Wildman–Crippen MR) is 122 cm³/mol. The third-order valence-electron chi connectivity index (χ3n) is 4.56. The molecule has 0 aliphatic heterocycles. The number of para-hydroxylation sites is 2. The summed E-state index contributed by atoms with van der Waals surface area (Å²) in [6.07, 6.45) is 0. The predicted octanol–water partition coefficient (Wildman–Crippen LogP) is 4.49. The summed E-state index contributed by atoms with van der Waals surface area (Å²) in [5.74, 6) is -0.966. The molecule has 0 aliphatic carbocycles. The number of fused-ring (bicyclic) bond motifs is 1. The first-order chi connectivity index (χ1) is 15.9. The molecule has 10 heteroatoms. The minimum absolute atomic E-state index is 0.0560. The number of rotatable bonds is 7. The van der Waals surface area contributed by atoms with Crippen molar-refractivity contribution in [2.75, 3.05) is 16.6 Å². The summed E-state index contributed by atoms with van der Waals surface area (Å²) in [6, 6.07) is 17.9. The molecular weight excluding hydrogens is 447 g/mol. The number of hydrogen-bond donors (Lipinski definition) is 2. The fraction of sp³-hybridized carbons (Fsp3) is 0.0870. The molecule has 8 nitrogen and oxygen atoms in total. The van der Waals surface area contributed by atoms with Crippen LogP contribution in [0.2, 0.25) is 0 Å². The lowest BCUT2D eigenvalue weighted by atomic mass is 10.2. The van der Waals surface area contributed by atoms with Crippen molar-refractivity contribution in [1.82, 2.24) is 9.97 Å². The van der Waals surface area contributed by atoms with E-state index in [-0.39, 0.29) is 23.1 Å². The normalized spacial score (nSPS) is 11.2. The third kappa shape index (κ3) is 5.07. The van der Waals surface area contributed by atoms with Crippen LogP contribution in [-0.4, -0.2) is 31.0 Å². The quantitative estimate of drug-likeness (QED) is 0.386. The van der Waals surface area contributed by atoms with Crippen molar-refractivity contribution < 1.29 is 22.3 Å². The molecule has 4 aromatic rings. The molecule has 0 spiro atoms. The van der Waals surface area contributed by atoms with E-state index in [2.05, 4.69) is 20.0 Å². The molecule has 168 valence electrons. The number of carbonyl (C=O) groups is 1. The number of hydrogen-bond acceptors (Lipinski definition) is 7. The third-order valence-corrected chi connectivity index (χ3v) is 5.92. The van der Waals surface area contributed by atoms with E-state index in [1.807, 2.05) is 0 Å². The largest absolute Gasteiger partial charge is 0.462 e. The maximum atomic E-state index is 13.2. The zero-order chi connectivity index (χ0) is 23.4. The molecule has 2 N–H and O–H groups in total. The molecule has 0 amide bonds. The van der Waals surface area contributed by atoms with Crippen molar-refractivity contribution in [3.63, 3.8) is 0 Å². The summed E-state index contributed by atoms with van der Waals surface area (Å²) in [4.78, 5) is 20.8. The van der Waals surface area contributed by atoms with E-state index in [9.17, 15) is 17.6 Å². The topological polar surface area (TPSA) is 110 Å². The van der Waals surface area contributed by atoms with Gasteiger partial charge in [0, 0.05) is 5.69 Å². The molecule has 0 unspecified atom stereocenters. The molecule has 3 aromatic carbocycles. The van der Waals surface area contributed by atoms with E-state index in [1.54, 1.807) is 55.5 Å². The number of benzene rings is 3. The number of ether oxygens (including phenoxy) is 1. The van der Waals surface area contributed by atoms with Crippen LogP contribution in [0, 0.1) is 5.82 Å². The van der Waals surface area contributed by atoms with Crippen LogP contribution in [0.4, 0.5) is 21.7 Å². The number of esters is 1. The average Bonchev–Trinajstić information content (AvgIpc) is 2.80. The second-order valence-corrected chi connectivity index (χ2v) is 8.58. The second kappa shape index (κ2) is 9.21. The van der Waals surface area contributed by atoms with Gasteiger partial charge in [-0.3, -0.25) is 4.72 Å². The molecular formula is C23H19FN4O4S. The van der Waals surface area contributed by atoms with Crippen molar-refractivity contribution in [3.05, 3.63) is 84.2 Å². The minimum atomic E-state index is -4.08. The van der Waals surface area contributed by atoms with Gasteiger partial charge >= 0.3 is 5.97 Å². The van der Waals surface area contributed by atoms with Crippen LogP contribution >= 0.6 is 0 Å². The van der Waals surface area contributed by atoms with Crippen LogP contribution in [0.15, 0.2) is 77.7 Å². The molecule has 0 fully saturated rings. The van der Waals surface area contributed by atoms with E-state index in [0.717, 1.165) is 24.3 Å². The first-order valence-electron chi connectivity index (χ1n) is 9.95. The Labute approximate surface area is 189 Å². The van der Waals surface area contributed by atoms with Gasteiger partial charge < -0.3 is 10.1 Å². The maximum Gasteiger partial charge on any atom is 0.338 e. The fourth-order valence-electron chi connectivity index (χ4n) is 3.03. The first-order valence-corrected chi connectivity index (χ1v) is 11.4. The summed E-state index contributed by atoms with van der Waals surface area (Å²) in [7, 11) is -4.08. The molecule has 0 bridgehead atoms. The van der Waals surface area contributed by atoms with Crippen LogP contribution in [0.25, 0.3) is 11.0 Å². The summed E-state index contributed by atoms with van der Waals surface area (Å²) in [6.45, 7) is 1.95. The van der Waals surface area contributed by atoms with Gasteiger partial charge in [0.25, 0.3) is 10.0 Å².